The van der Waals surface area contributed by atoms with Crippen LogP contribution in [0.3, 0.4) is 0 Å². The SMILES string of the molecule is Cc1c(C(=O)NCC2(c3cccs3)CCCC2)cccc1[N+](=O)[O-]. The number of amides is 1. The van der Waals surface area contributed by atoms with Gasteiger partial charge in [-0.05, 0) is 37.3 Å². The van der Waals surface area contributed by atoms with E-state index < -0.39 is 4.92 Å². The van der Waals surface area contributed by atoms with E-state index in [1.165, 1.54) is 23.8 Å². The Labute approximate surface area is 144 Å². The molecule has 1 amide bonds. The number of rotatable bonds is 5. The Kier molecular flexibility index (Phi) is 4.66. The van der Waals surface area contributed by atoms with Crippen LogP contribution in [-0.2, 0) is 5.41 Å². The van der Waals surface area contributed by atoms with Crippen LogP contribution in [0, 0.1) is 17.0 Å². The van der Waals surface area contributed by atoms with Gasteiger partial charge >= 0.3 is 0 Å². The van der Waals surface area contributed by atoms with Crippen LogP contribution in [0.15, 0.2) is 35.7 Å². The van der Waals surface area contributed by atoms with Crippen LogP contribution in [0.2, 0.25) is 0 Å². The molecule has 3 rings (SSSR count). The Morgan fingerprint density at radius 3 is 2.67 bits per heavy atom. The largest absolute Gasteiger partial charge is 0.351 e. The van der Waals surface area contributed by atoms with Crippen LogP contribution in [0.4, 0.5) is 5.69 Å². The zero-order chi connectivity index (χ0) is 17.2. The lowest BCUT2D eigenvalue weighted by molar-refractivity contribution is -0.385. The van der Waals surface area contributed by atoms with Crippen molar-refractivity contribution in [1.82, 2.24) is 5.32 Å². The number of nitrogens with zero attached hydrogens (tertiary/aromatic N) is 1. The van der Waals surface area contributed by atoms with Gasteiger partial charge in [-0.15, -0.1) is 11.3 Å². The van der Waals surface area contributed by atoms with Gasteiger partial charge in [0, 0.05) is 34.0 Å². The normalized spacial score (nSPS) is 16.0. The van der Waals surface area contributed by atoms with Gasteiger partial charge < -0.3 is 5.32 Å². The second kappa shape index (κ2) is 6.73. The second-order valence-electron chi connectivity index (χ2n) is 6.35. The number of nitrogens with one attached hydrogen (secondary N) is 1. The van der Waals surface area contributed by atoms with Crippen molar-refractivity contribution < 1.29 is 9.72 Å². The molecule has 1 saturated carbocycles. The molecule has 0 atom stereocenters. The van der Waals surface area contributed by atoms with Crippen molar-refractivity contribution in [2.24, 2.45) is 0 Å². The van der Waals surface area contributed by atoms with Gasteiger partial charge in [-0.25, -0.2) is 0 Å². The summed E-state index contributed by atoms with van der Waals surface area (Å²) in [5, 5.41) is 16.1. The van der Waals surface area contributed by atoms with Crippen LogP contribution < -0.4 is 5.32 Å². The van der Waals surface area contributed by atoms with Crippen molar-refractivity contribution in [1.29, 1.82) is 0 Å². The Morgan fingerprint density at radius 1 is 1.29 bits per heavy atom. The highest BCUT2D eigenvalue weighted by molar-refractivity contribution is 7.10. The molecule has 1 fully saturated rings. The maximum Gasteiger partial charge on any atom is 0.273 e. The zero-order valence-corrected chi connectivity index (χ0v) is 14.4. The molecule has 0 spiro atoms. The average Bonchev–Trinajstić information content (AvgIpc) is 3.24. The number of hydrogen-bond donors (Lipinski definition) is 1. The predicted molar refractivity (Wildman–Crippen MR) is 94.6 cm³/mol. The topological polar surface area (TPSA) is 72.2 Å². The quantitative estimate of drug-likeness (QED) is 0.652. The third-order valence-electron chi connectivity index (χ3n) is 4.94. The molecule has 24 heavy (non-hydrogen) atoms. The lowest BCUT2D eigenvalue weighted by atomic mass is 9.84. The van der Waals surface area contributed by atoms with Crippen molar-refractivity contribution in [3.05, 3.63) is 61.8 Å². The summed E-state index contributed by atoms with van der Waals surface area (Å²) < 4.78 is 0. The van der Waals surface area contributed by atoms with Crippen molar-refractivity contribution in [3.8, 4) is 0 Å². The zero-order valence-electron chi connectivity index (χ0n) is 13.6. The van der Waals surface area contributed by atoms with Crippen molar-refractivity contribution in [3.63, 3.8) is 0 Å². The van der Waals surface area contributed by atoms with Gasteiger partial charge in [0.2, 0.25) is 0 Å². The number of nitro groups is 1. The monoisotopic (exact) mass is 344 g/mol. The highest BCUT2D eigenvalue weighted by atomic mass is 32.1. The third-order valence-corrected chi connectivity index (χ3v) is 6.05. The number of carbonyl (C=O) groups excluding carboxylic acids is 1. The molecule has 1 aliphatic carbocycles. The molecule has 1 aromatic heterocycles. The van der Waals surface area contributed by atoms with Gasteiger partial charge in [-0.3, -0.25) is 14.9 Å². The molecule has 0 bridgehead atoms. The molecule has 1 heterocycles. The molecule has 0 unspecified atom stereocenters. The molecule has 1 aliphatic rings. The van der Waals surface area contributed by atoms with Gasteiger partial charge in [0.05, 0.1) is 4.92 Å². The smallest absolute Gasteiger partial charge is 0.273 e. The minimum Gasteiger partial charge on any atom is -0.351 e. The summed E-state index contributed by atoms with van der Waals surface area (Å²) in [6.45, 7) is 2.20. The molecule has 0 saturated heterocycles. The molecular weight excluding hydrogens is 324 g/mol. The Morgan fingerprint density at radius 2 is 2.04 bits per heavy atom. The van der Waals surface area contributed by atoms with Crippen LogP contribution in [0.5, 0.6) is 0 Å². The summed E-state index contributed by atoms with van der Waals surface area (Å²) in [6, 6.07) is 8.82. The summed E-state index contributed by atoms with van der Waals surface area (Å²) in [5.74, 6) is -0.237. The maximum absolute atomic E-state index is 12.6. The standard InChI is InChI=1S/C18H20N2O3S/c1-13-14(6-4-7-15(13)20(22)23)17(21)19-12-18(9-2-3-10-18)16-8-5-11-24-16/h4-8,11H,2-3,9-10,12H2,1H3,(H,19,21). The molecule has 5 nitrogen and oxygen atoms in total. The van der Waals surface area contributed by atoms with E-state index in [4.69, 9.17) is 0 Å². The molecule has 2 aromatic rings. The summed E-state index contributed by atoms with van der Waals surface area (Å²) in [7, 11) is 0. The number of hydrogen-bond acceptors (Lipinski definition) is 4. The molecule has 0 aliphatic heterocycles. The van der Waals surface area contributed by atoms with Crippen molar-refractivity contribution in [2.75, 3.05) is 6.54 Å². The fraction of sp³-hybridized carbons (Fsp3) is 0.389. The van der Waals surface area contributed by atoms with Crippen LogP contribution in [-0.4, -0.2) is 17.4 Å². The summed E-state index contributed by atoms with van der Waals surface area (Å²) in [4.78, 5) is 24.5. The first-order chi connectivity index (χ1) is 11.5. The van der Waals surface area contributed by atoms with Crippen LogP contribution >= 0.6 is 11.3 Å². The summed E-state index contributed by atoms with van der Waals surface area (Å²) >= 11 is 1.74. The highest BCUT2D eigenvalue weighted by Gasteiger charge is 2.37. The highest BCUT2D eigenvalue weighted by Crippen LogP contribution is 2.42. The van der Waals surface area contributed by atoms with Crippen LogP contribution in [0.1, 0.15) is 46.5 Å². The number of thiophene rings is 1. The van der Waals surface area contributed by atoms with Crippen molar-refractivity contribution in [2.45, 2.75) is 38.0 Å². The molecular formula is C18H20N2O3S. The Hall–Kier alpha value is -2.21. The van der Waals surface area contributed by atoms with Crippen LogP contribution in [0.25, 0.3) is 0 Å². The van der Waals surface area contributed by atoms with E-state index in [0.717, 1.165) is 12.8 Å². The lowest BCUT2D eigenvalue weighted by Crippen LogP contribution is -2.38. The first-order valence-corrected chi connectivity index (χ1v) is 8.98. The lowest BCUT2D eigenvalue weighted by Gasteiger charge is -2.28. The van der Waals surface area contributed by atoms with Crippen molar-refractivity contribution >= 4 is 22.9 Å². The molecule has 0 radical (unpaired) electrons. The second-order valence-corrected chi connectivity index (χ2v) is 7.30. The first-order valence-electron chi connectivity index (χ1n) is 8.10. The number of benzene rings is 1. The number of carbonyl (C=O) groups is 1. The first kappa shape index (κ1) is 16.6. The fourth-order valence-corrected chi connectivity index (χ4v) is 4.54. The molecule has 126 valence electrons. The fourth-order valence-electron chi connectivity index (χ4n) is 3.55. The van der Waals surface area contributed by atoms with Gasteiger partial charge in [-0.1, -0.05) is 25.0 Å². The predicted octanol–water partition coefficient (Wildman–Crippen LogP) is 4.21. The average molecular weight is 344 g/mol. The summed E-state index contributed by atoms with van der Waals surface area (Å²) in [6.07, 6.45) is 4.48. The van der Waals surface area contributed by atoms with E-state index in [1.807, 2.05) is 6.07 Å². The number of nitro benzene ring substituents is 1. The van der Waals surface area contributed by atoms with Gasteiger partial charge in [0.25, 0.3) is 11.6 Å². The van der Waals surface area contributed by atoms with E-state index >= 15 is 0 Å². The maximum atomic E-state index is 12.6. The Balaban J connectivity index is 1.78. The molecule has 1 N–H and O–H groups in total. The van der Waals surface area contributed by atoms with E-state index in [-0.39, 0.29) is 17.0 Å². The van der Waals surface area contributed by atoms with Gasteiger partial charge in [-0.2, -0.15) is 0 Å². The Bertz CT molecular complexity index is 750. The van der Waals surface area contributed by atoms with E-state index in [1.54, 1.807) is 30.4 Å². The molecule has 6 heteroatoms. The minimum absolute atomic E-state index is 0.0123. The van der Waals surface area contributed by atoms with Gasteiger partial charge in [0.15, 0.2) is 0 Å². The van der Waals surface area contributed by atoms with Gasteiger partial charge in [0.1, 0.15) is 0 Å². The summed E-state index contributed by atoms with van der Waals surface area (Å²) in [5.41, 5.74) is 0.787. The van der Waals surface area contributed by atoms with E-state index in [0.29, 0.717) is 17.7 Å². The minimum atomic E-state index is -0.448. The molecule has 1 aromatic carbocycles. The van der Waals surface area contributed by atoms with E-state index in [2.05, 4.69) is 16.8 Å². The third kappa shape index (κ3) is 3.06. The van der Waals surface area contributed by atoms with E-state index in [9.17, 15) is 14.9 Å².